The van der Waals surface area contributed by atoms with Gasteiger partial charge in [-0.2, -0.15) is 0 Å². The van der Waals surface area contributed by atoms with Crippen LogP contribution in [-0.4, -0.2) is 29.5 Å². The van der Waals surface area contributed by atoms with E-state index in [4.69, 9.17) is 10.2 Å². The van der Waals surface area contributed by atoms with Crippen molar-refractivity contribution in [3.8, 4) is 0 Å². The van der Waals surface area contributed by atoms with E-state index in [1.165, 1.54) is 6.61 Å². The Hall–Kier alpha value is -0.160. The fourth-order valence-electron chi connectivity index (χ4n) is 0.239. The van der Waals surface area contributed by atoms with Crippen LogP contribution in [-0.2, 0) is 9.78 Å². The van der Waals surface area contributed by atoms with Crippen molar-refractivity contribution in [2.24, 2.45) is 0 Å². The minimum absolute atomic E-state index is 0.0131. The van der Waals surface area contributed by atoms with Gasteiger partial charge in [0.2, 0.25) is 0 Å². The normalized spacial score (nSPS) is 13.7. The van der Waals surface area contributed by atoms with Gasteiger partial charge < -0.3 is 10.2 Å². The molecule has 0 bridgehead atoms. The van der Waals surface area contributed by atoms with Crippen LogP contribution < -0.4 is 0 Å². The molecule has 0 aromatic rings. The van der Waals surface area contributed by atoms with Crippen molar-refractivity contribution in [1.29, 1.82) is 0 Å². The van der Waals surface area contributed by atoms with Crippen molar-refractivity contribution in [1.82, 2.24) is 0 Å². The Morgan fingerprint density at radius 3 is 2.78 bits per heavy atom. The average Bonchev–Trinajstić information content (AvgIpc) is 1.89. The number of aliphatic hydroxyl groups excluding tert-OH is 2. The van der Waals surface area contributed by atoms with E-state index in [2.05, 4.69) is 9.78 Å². The number of rotatable bonds is 5. The molecule has 55 valence electrons. The van der Waals surface area contributed by atoms with Crippen molar-refractivity contribution >= 4 is 0 Å². The maximum absolute atomic E-state index is 8.62. The van der Waals surface area contributed by atoms with Gasteiger partial charge in [0.1, 0.15) is 19.3 Å². The molecular weight excluding hydrogens is 124 g/mol. The van der Waals surface area contributed by atoms with Crippen LogP contribution >= 0.6 is 0 Å². The van der Waals surface area contributed by atoms with Gasteiger partial charge in [0.15, 0.2) is 0 Å². The zero-order valence-electron chi connectivity index (χ0n) is 5.28. The SMILES string of the molecule is C[CH]OOCC(O)CO. The highest BCUT2D eigenvalue weighted by molar-refractivity contribution is 4.45. The highest BCUT2D eigenvalue weighted by Crippen LogP contribution is 1.86. The first-order chi connectivity index (χ1) is 4.31. The molecule has 2 N–H and O–H groups in total. The lowest BCUT2D eigenvalue weighted by atomic mass is 10.4. The Morgan fingerprint density at radius 1 is 1.67 bits per heavy atom. The van der Waals surface area contributed by atoms with Crippen LogP contribution in [0.2, 0.25) is 0 Å². The van der Waals surface area contributed by atoms with Crippen LogP contribution in [0.4, 0.5) is 0 Å². The van der Waals surface area contributed by atoms with Crippen LogP contribution in [0.15, 0.2) is 0 Å². The van der Waals surface area contributed by atoms with Gasteiger partial charge >= 0.3 is 0 Å². The Kier molecular flexibility index (Phi) is 5.86. The molecule has 4 heteroatoms. The summed E-state index contributed by atoms with van der Waals surface area (Å²) < 4.78 is 0. The summed E-state index contributed by atoms with van der Waals surface area (Å²) >= 11 is 0. The quantitative estimate of drug-likeness (QED) is 0.302. The summed E-state index contributed by atoms with van der Waals surface area (Å²) in [6.07, 6.45) is -0.857. The summed E-state index contributed by atoms with van der Waals surface area (Å²) in [6.45, 7) is 2.66. The van der Waals surface area contributed by atoms with E-state index in [9.17, 15) is 0 Å². The molecule has 0 saturated heterocycles. The third kappa shape index (κ3) is 5.72. The van der Waals surface area contributed by atoms with Crippen molar-refractivity contribution in [3.05, 3.63) is 6.61 Å². The van der Waals surface area contributed by atoms with Crippen molar-refractivity contribution in [3.63, 3.8) is 0 Å². The second kappa shape index (κ2) is 5.97. The average molecular weight is 135 g/mol. The molecule has 0 aromatic heterocycles. The number of hydrogen-bond acceptors (Lipinski definition) is 4. The third-order valence-electron chi connectivity index (χ3n) is 0.635. The number of aliphatic hydroxyl groups is 2. The molecule has 0 saturated carbocycles. The molecular formula is C5H11O4. The van der Waals surface area contributed by atoms with E-state index < -0.39 is 6.10 Å². The largest absolute Gasteiger partial charge is 0.394 e. The summed E-state index contributed by atoms with van der Waals surface area (Å²) in [6, 6.07) is 0. The molecule has 0 amide bonds. The van der Waals surface area contributed by atoms with E-state index in [0.717, 1.165) is 0 Å². The van der Waals surface area contributed by atoms with E-state index >= 15 is 0 Å². The van der Waals surface area contributed by atoms with Crippen molar-refractivity contribution in [2.45, 2.75) is 13.0 Å². The molecule has 1 atom stereocenters. The van der Waals surface area contributed by atoms with Crippen LogP contribution in [0.3, 0.4) is 0 Å². The maximum Gasteiger partial charge on any atom is 0.119 e. The van der Waals surface area contributed by atoms with Crippen molar-refractivity contribution < 1.29 is 20.0 Å². The predicted octanol–water partition coefficient (Wildman–Crippen LogP) is -0.531. The lowest BCUT2D eigenvalue weighted by Crippen LogP contribution is -2.18. The summed E-state index contributed by atoms with van der Waals surface area (Å²) in [4.78, 5) is 8.68. The molecule has 0 fully saturated rings. The zero-order chi connectivity index (χ0) is 7.11. The summed E-state index contributed by atoms with van der Waals surface area (Å²) in [7, 11) is 0. The Morgan fingerprint density at radius 2 is 2.33 bits per heavy atom. The topological polar surface area (TPSA) is 58.9 Å². The fourth-order valence-corrected chi connectivity index (χ4v) is 0.239. The minimum atomic E-state index is -0.857. The van der Waals surface area contributed by atoms with Crippen LogP contribution in [0.5, 0.6) is 0 Å². The van der Waals surface area contributed by atoms with E-state index in [1.807, 2.05) is 0 Å². The first kappa shape index (κ1) is 8.84. The van der Waals surface area contributed by atoms with Crippen molar-refractivity contribution in [2.75, 3.05) is 13.2 Å². The predicted molar refractivity (Wildman–Crippen MR) is 30.1 cm³/mol. The Balaban J connectivity index is 2.88. The Labute approximate surface area is 53.9 Å². The lowest BCUT2D eigenvalue weighted by molar-refractivity contribution is -0.280. The van der Waals surface area contributed by atoms with Gasteiger partial charge in [-0.15, -0.1) is 0 Å². The third-order valence-corrected chi connectivity index (χ3v) is 0.635. The standard InChI is InChI=1S/C5H11O4/c1-2-8-9-4-5(7)3-6/h2,5-7H,3-4H2,1H3. The molecule has 1 radical (unpaired) electrons. The van der Waals surface area contributed by atoms with Gasteiger partial charge in [-0.1, -0.05) is 0 Å². The maximum atomic E-state index is 8.62. The van der Waals surface area contributed by atoms with Gasteiger partial charge in [-0.05, 0) is 6.92 Å². The van der Waals surface area contributed by atoms with Crippen LogP contribution in [0.25, 0.3) is 0 Å². The molecule has 0 rings (SSSR count). The number of hydrogen-bond donors (Lipinski definition) is 2. The summed E-state index contributed by atoms with van der Waals surface area (Å²) in [5.41, 5.74) is 0. The lowest BCUT2D eigenvalue weighted by Gasteiger charge is -2.04. The van der Waals surface area contributed by atoms with Gasteiger partial charge in [-0.25, -0.2) is 9.78 Å². The van der Waals surface area contributed by atoms with Gasteiger partial charge in [0.05, 0.1) is 6.61 Å². The molecule has 1 unspecified atom stereocenters. The highest BCUT2D eigenvalue weighted by atomic mass is 17.2. The monoisotopic (exact) mass is 135 g/mol. The van der Waals surface area contributed by atoms with Gasteiger partial charge in [-0.3, -0.25) is 0 Å². The molecule has 0 aromatic carbocycles. The second-order valence-electron chi connectivity index (χ2n) is 1.45. The van der Waals surface area contributed by atoms with Gasteiger partial charge in [0, 0.05) is 0 Å². The molecule has 0 spiro atoms. The second-order valence-corrected chi connectivity index (χ2v) is 1.45. The molecule has 0 aliphatic rings. The van der Waals surface area contributed by atoms with E-state index in [-0.39, 0.29) is 13.2 Å². The molecule has 4 nitrogen and oxygen atoms in total. The first-order valence-corrected chi connectivity index (χ1v) is 2.66. The molecule has 0 aliphatic carbocycles. The van der Waals surface area contributed by atoms with E-state index in [1.54, 1.807) is 6.92 Å². The molecule has 0 aliphatic heterocycles. The Bertz CT molecular complexity index is 56.9. The van der Waals surface area contributed by atoms with E-state index in [0.29, 0.717) is 0 Å². The molecule has 0 heterocycles. The first-order valence-electron chi connectivity index (χ1n) is 2.66. The summed E-state index contributed by atoms with van der Waals surface area (Å²) in [5, 5.41) is 16.9. The van der Waals surface area contributed by atoms with Crippen LogP contribution in [0.1, 0.15) is 6.92 Å². The highest BCUT2D eigenvalue weighted by Gasteiger charge is 2.00. The molecule has 9 heavy (non-hydrogen) atoms. The van der Waals surface area contributed by atoms with Crippen LogP contribution in [0, 0.1) is 6.61 Å². The fraction of sp³-hybridized carbons (Fsp3) is 0.800. The summed E-state index contributed by atoms with van der Waals surface area (Å²) in [5.74, 6) is 0. The minimum Gasteiger partial charge on any atom is -0.394 e. The zero-order valence-corrected chi connectivity index (χ0v) is 5.28. The smallest absolute Gasteiger partial charge is 0.119 e. The van der Waals surface area contributed by atoms with Gasteiger partial charge in [0.25, 0.3) is 0 Å².